The molecule has 1 aromatic carbocycles. The summed E-state index contributed by atoms with van der Waals surface area (Å²) < 4.78 is 42.4. The highest BCUT2D eigenvalue weighted by Crippen LogP contribution is 2.37. The Morgan fingerprint density at radius 3 is 2.50 bits per heavy atom. The maximum Gasteiger partial charge on any atom is 0.446 e. The normalized spacial score (nSPS) is 15.5. The Hall–Kier alpha value is -1.41. The lowest BCUT2D eigenvalue weighted by Gasteiger charge is -2.12. The number of carbonyl (C=O) groups excluding carboxylic acids is 1. The van der Waals surface area contributed by atoms with E-state index in [4.69, 9.17) is 4.74 Å². The van der Waals surface area contributed by atoms with Crippen molar-refractivity contribution in [2.45, 2.75) is 48.6 Å². The van der Waals surface area contributed by atoms with E-state index in [1.807, 2.05) is 0 Å². The van der Waals surface area contributed by atoms with Gasteiger partial charge in [0.25, 0.3) is 0 Å². The fourth-order valence-electron chi connectivity index (χ4n) is 2.49. The predicted octanol–water partition coefficient (Wildman–Crippen LogP) is 4.77. The molecule has 0 aliphatic heterocycles. The van der Waals surface area contributed by atoms with Crippen molar-refractivity contribution in [1.82, 2.24) is 5.32 Å². The van der Waals surface area contributed by atoms with E-state index < -0.39 is 5.51 Å². The van der Waals surface area contributed by atoms with Crippen LogP contribution < -0.4 is 10.6 Å². The van der Waals surface area contributed by atoms with Crippen LogP contribution in [0.25, 0.3) is 0 Å². The number of ether oxygens (including phenoxy) is 1. The summed E-state index contributed by atoms with van der Waals surface area (Å²) in [5.74, 6) is 0. The van der Waals surface area contributed by atoms with E-state index in [9.17, 15) is 18.0 Å². The maximum absolute atomic E-state index is 12.2. The van der Waals surface area contributed by atoms with Gasteiger partial charge in [-0.25, -0.2) is 4.79 Å². The Labute approximate surface area is 143 Å². The van der Waals surface area contributed by atoms with E-state index in [0.29, 0.717) is 24.9 Å². The number of halogens is 3. The van der Waals surface area contributed by atoms with Crippen LogP contribution in [0.4, 0.5) is 23.7 Å². The summed E-state index contributed by atoms with van der Waals surface area (Å²) in [7, 11) is 0. The Kier molecular flexibility index (Phi) is 7.23. The number of nitrogens with one attached hydrogen (secondary N) is 2. The molecule has 0 aromatic heterocycles. The number of benzene rings is 1. The lowest BCUT2D eigenvalue weighted by Crippen LogP contribution is -2.30. The number of alkyl halides is 3. The summed E-state index contributed by atoms with van der Waals surface area (Å²) >= 11 is -0.184. The molecule has 2 N–H and O–H groups in total. The van der Waals surface area contributed by atoms with Crippen LogP contribution in [0.5, 0.6) is 0 Å². The molecular weight excluding hydrogens is 341 g/mol. The second-order valence-corrected chi connectivity index (χ2v) is 6.72. The standard InChI is InChI=1S/C16H21F3N2O2S/c17-16(18,19)24-14-8-6-12(7-9-14)21-15(22)20-10-3-11-23-13-4-1-2-5-13/h6-9,13H,1-5,10-11H2,(H2,20,21,22). The molecule has 8 heteroatoms. The number of hydrogen-bond donors (Lipinski definition) is 2. The quantitative estimate of drug-likeness (QED) is 0.543. The molecule has 0 saturated heterocycles. The molecule has 134 valence electrons. The SMILES string of the molecule is O=C(NCCCOC1CCCC1)Nc1ccc(SC(F)(F)F)cc1. The molecule has 1 saturated carbocycles. The molecule has 0 heterocycles. The van der Waals surface area contributed by atoms with Crippen molar-refractivity contribution in [1.29, 1.82) is 0 Å². The van der Waals surface area contributed by atoms with E-state index >= 15 is 0 Å². The van der Waals surface area contributed by atoms with E-state index in [0.717, 1.165) is 19.3 Å². The van der Waals surface area contributed by atoms with E-state index in [1.165, 1.54) is 37.1 Å². The van der Waals surface area contributed by atoms with Crippen molar-refractivity contribution < 1.29 is 22.7 Å². The van der Waals surface area contributed by atoms with Crippen molar-refractivity contribution >= 4 is 23.5 Å². The highest BCUT2D eigenvalue weighted by atomic mass is 32.2. The minimum atomic E-state index is -4.31. The largest absolute Gasteiger partial charge is 0.446 e. The molecule has 1 aromatic rings. The third kappa shape index (κ3) is 7.44. The summed E-state index contributed by atoms with van der Waals surface area (Å²) in [5, 5.41) is 5.28. The molecule has 24 heavy (non-hydrogen) atoms. The average Bonchev–Trinajstić information content (AvgIpc) is 3.01. The number of rotatable bonds is 7. The molecule has 0 bridgehead atoms. The summed E-state index contributed by atoms with van der Waals surface area (Å²) in [6.45, 7) is 1.11. The molecule has 2 rings (SSSR count). The van der Waals surface area contributed by atoms with Crippen molar-refractivity contribution in [3.63, 3.8) is 0 Å². The lowest BCUT2D eigenvalue weighted by atomic mass is 10.3. The molecule has 1 aliphatic rings. The van der Waals surface area contributed by atoms with Crippen molar-refractivity contribution in [3.8, 4) is 0 Å². The van der Waals surface area contributed by atoms with Crippen LogP contribution in [0.15, 0.2) is 29.2 Å². The topological polar surface area (TPSA) is 50.4 Å². The van der Waals surface area contributed by atoms with Crippen LogP contribution in [0.1, 0.15) is 32.1 Å². The van der Waals surface area contributed by atoms with Gasteiger partial charge >= 0.3 is 11.5 Å². The molecule has 0 atom stereocenters. The van der Waals surface area contributed by atoms with Crippen LogP contribution >= 0.6 is 11.8 Å². The third-order valence-corrected chi connectivity index (χ3v) is 4.35. The number of thioether (sulfide) groups is 1. The zero-order chi connectivity index (χ0) is 17.4. The first-order valence-corrected chi connectivity index (χ1v) is 8.76. The van der Waals surface area contributed by atoms with E-state index in [2.05, 4.69) is 10.6 Å². The van der Waals surface area contributed by atoms with Crippen molar-refractivity contribution in [2.24, 2.45) is 0 Å². The first-order valence-electron chi connectivity index (χ1n) is 7.95. The van der Waals surface area contributed by atoms with Gasteiger partial charge in [-0.2, -0.15) is 13.2 Å². The van der Waals surface area contributed by atoms with Gasteiger partial charge in [0.1, 0.15) is 0 Å². The highest BCUT2D eigenvalue weighted by molar-refractivity contribution is 8.00. The Bertz CT molecular complexity index is 517. The van der Waals surface area contributed by atoms with Gasteiger partial charge in [-0.1, -0.05) is 12.8 Å². The first-order chi connectivity index (χ1) is 11.4. The van der Waals surface area contributed by atoms with Gasteiger partial charge in [-0.15, -0.1) is 0 Å². The maximum atomic E-state index is 12.2. The number of amides is 2. The average molecular weight is 362 g/mol. The summed E-state index contributed by atoms with van der Waals surface area (Å²) in [6, 6.07) is 5.15. The zero-order valence-electron chi connectivity index (χ0n) is 13.2. The molecule has 1 fully saturated rings. The first kappa shape index (κ1) is 18.9. The van der Waals surface area contributed by atoms with Gasteiger partial charge in [0, 0.05) is 23.7 Å². The monoisotopic (exact) mass is 362 g/mol. The smallest absolute Gasteiger partial charge is 0.378 e. The van der Waals surface area contributed by atoms with Crippen LogP contribution in [-0.2, 0) is 4.74 Å². The predicted molar refractivity (Wildman–Crippen MR) is 88.2 cm³/mol. The lowest BCUT2D eigenvalue weighted by molar-refractivity contribution is -0.0328. The number of hydrogen-bond acceptors (Lipinski definition) is 3. The second kappa shape index (κ2) is 9.17. The molecule has 1 aliphatic carbocycles. The number of anilines is 1. The zero-order valence-corrected chi connectivity index (χ0v) is 14.0. The number of carbonyl (C=O) groups is 1. The van der Waals surface area contributed by atoms with E-state index in [-0.39, 0.29) is 22.7 Å². The highest BCUT2D eigenvalue weighted by Gasteiger charge is 2.29. The molecule has 0 unspecified atom stereocenters. The minimum absolute atomic E-state index is 0.0810. The second-order valence-electron chi connectivity index (χ2n) is 5.58. The minimum Gasteiger partial charge on any atom is -0.378 e. The van der Waals surface area contributed by atoms with Gasteiger partial charge in [-0.05, 0) is 55.3 Å². The molecule has 4 nitrogen and oxygen atoms in total. The van der Waals surface area contributed by atoms with Crippen molar-refractivity contribution in [2.75, 3.05) is 18.5 Å². The summed E-state index contributed by atoms with van der Waals surface area (Å²) in [4.78, 5) is 11.8. The van der Waals surface area contributed by atoms with Crippen LogP contribution in [-0.4, -0.2) is 30.8 Å². The molecular formula is C16H21F3N2O2S. The Morgan fingerprint density at radius 2 is 1.88 bits per heavy atom. The number of urea groups is 1. The van der Waals surface area contributed by atoms with E-state index in [1.54, 1.807) is 0 Å². The van der Waals surface area contributed by atoms with Gasteiger partial charge in [-0.3, -0.25) is 0 Å². The molecule has 0 radical (unpaired) electrons. The fraction of sp³-hybridized carbons (Fsp3) is 0.562. The van der Waals surface area contributed by atoms with Crippen LogP contribution in [0, 0.1) is 0 Å². The molecule has 0 spiro atoms. The van der Waals surface area contributed by atoms with Crippen LogP contribution in [0.3, 0.4) is 0 Å². The van der Waals surface area contributed by atoms with Crippen molar-refractivity contribution in [3.05, 3.63) is 24.3 Å². The summed E-state index contributed by atoms with van der Waals surface area (Å²) in [5.41, 5.74) is -3.87. The van der Waals surface area contributed by atoms with Crippen LogP contribution in [0.2, 0.25) is 0 Å². The molecule has 2 amide bonds. The Morgan fingerprint density at radius 1 is 1.21 bits per heavy atom. The summed E-state index contributed by atoms with van der Waals surface area (Å²) in [6.07, 6.45) is 5.79. The van der Waals surface area contributed by atoms with Gasteiger partial charge in [0.2, 0.25) is 0 Å². The third-order valence-electron chi connectivity index (χ3n) is 3.61. The van der Waals surface area contributed by atoms with Gasteiger partial charge in [0.05, 0.1) is 6.10 Å². The Balaban J connectivity index is 1.61. The fourth-order valence-corrected chi connectivity index (χ4v) is 3.03. The van der Waals surface area contributed by atoms with Gasteiger partial charge < -0.3 is 15.4 Å². The van der Waals surface area contributed by atoms with Gasteiger partial charge in [0.15, 0.2) is 0 Å².